The van der Waals surface area contributed by atoms with E-state index in [0.717, 1.165) is 43.6 Å². The molecule has 0 bridgehead atoms. The Balaban J connectivity index is 1.27. The lowest BCUT2D eigenvalue weighted by Gasteiger charge is -2.32. The minimum atomic E-state index is 0.204. The number of nitrogens with one attached hydrogen (secondary N) is 1. The highest BCUT2D eigenvalue weighted by molar-refractivity contribution is 5.84. The molecule has 0 saturated carbocycles. The van der Waals surface area contributed by atoms with E-state index in [9.17, 15) is 4.79 Å². The fourth-order valence-electron chi connectivity index (χ4n) is 3.65. The number of nitrogens with zero attached hydrogens (tertiary/aromatic N) is 1. The molecule has 1 amide bonds. The molecule has 26 heavy (non-hydrogen) atoms. The van der Waals surface area contributed by atoms with Crippen molar-refractivity contribution in [2.75, 3.05) is 13.1 Å². The Hall–Kier alpha value is -2.75. The average molecular weight is 348 g/mol. The van der Waals surface area contributed by atoms with E-state index in [-0.39, 0.29) is 12.0 Å². The van der Waals surface area contributed by atoms with Crippen molar-refractivity contribution in [3.63, 3.8) is 0 Å². The second kappa shape index (κ2) is 7.65. The molecule has 4 heteroatoms. The van der Waals surface area contributed by atoms with Crippen LogP contribution in [0.5, 0.6) is 5.75 Å². The van der Waals surface area contributed by atoms with Gasteiger partial charge in [0.05, 0.1) is 0 Å². The third-order valence-corrected chi connectivity index (χ3v) is 5.12. The molecule has 134 valence electrons. The van der Waals surface area contributed by atoms with Crippen molar-refractivity contribution in [1.82, 2.24) is 9.88 Å². The van der Waals surface area contributed by atoms with E-state index in [0.29, 0.717) is 6.42 Å². The lowest BCUT2D eigenvalue weighted by Crippen LogP contribution is -2.41. The first-order valence-corrected chi connectivity index (χ1v) is 9.34. The number of para-hydroxylation sites is 2. The van der Waals surface area contributed by atoms with Crippen LogP contribution in [0.15, 0.2) is 60.8 Å². The summed E-state index contributed by atoms with van der Waals surface area (Å²) in [7, 11) is 0. The number of carbonyl (C=O) groups excluding carboxylic acids is 1. The third-order valence-electron chi connectivity index (χ3n) is 5.12. The highest BCUT2D eigenvalue weighted by atomic mass is 16.5. The summed E-state index contributed by atoms with van der Waals surface area (Å²) in [5.74, 6) is 1.16. The quantitative estimate of drug-likeness (QED) is 0.752. The fraction of sp³-hybridized carbons (Fsp3) is 0.318. The number of aryl methyl sites for hydroxylation is 1. The maximum atomic E-state index is 12.6. The van der Waals surface area contributed by atoms with Crippen LogP contribution < -0.4 is 4.74 Å². The van der Waals surface area contributed by atoms with Gasteiger partial charge in [0.1, 0.15) is 11.9 Å². The molecule has 1 fully saturated rings. The normalized spacial score (nSPS) is 15.3. The van der Waals surface area contributed by atoms with Gasteiger partial charge in [-0.1, -0.05) is 36.4 Å². The molecule has 0 unspecified atom stereocenters. The van der Waals surface area contributed by atoms with Crippen LogP contribution in [0.4, 0.5) is 0 Å². The highest BCUT2D eigenvalue weighted by Crippen LogP contribution is 2.21. The molecule has 0 atom stereocenters. The maximum Gasteiger partial charge on any atom is 0.222 e. The molecule has 2 heterocycles. The van der Waals surface area contributed by atoms with Crippen LogP contribution in [0.25, 0.3) is 10.9 Å². The maximum absolute atomic E-state index is 12.6. The topological polar surface area (TPSA) is 45.3 Å². The number of ether oxygens (including phenoxy) is 1. The number of benzene rings is 2. The van der Waals surface area contributed by atoms with Gasteiger partial charge in [0.2, 0.25) is 5.91 Å². The van der Waals surface area contributed by atoms with Crippen LogP contribution in [-0.4, -0.2) is 35.0 Å². The van der Waals surface area contributed by atoms with Gasteiger partial charge < -0.3 is 14.6 Å². The summed E-state index contributed by atoms with van der Waals surface area (Å²) in [5, 5.41) is 1.22. The van der Waals surface area contributed by atoms with Crippen LogP contribution in [0.1, 0.15) is 24.8 Å². The SMILES string of the molecule is O=C(CCc1c[nH]c2ccccc12)N1CCC(Oc2ccccc2)CC1. The minimum Gasteiger partial charge on any atom is -0.490 e. The lowest BCUT2D eigenvalue weighted by molar-refractivity contribution is -0.132. The number of hydrogen-bond donors (Lipinski definition) is 1. The van der Waals surface area contributed by atoms with Crippen LogP contribution in [0.3, 0.4) is 0 Å². The Kier molecular flexibility index (Phi) is 4.91. The molecular formula is C22H24N2O2. The smallest absolute Gasteiger partial charge is 0.222 e. The van der Waals surface area contributed by atoms with E-state index in [2.05, 4.69) is 17.1 Å². The predicted octanol–water partition coefficient (Wildman–Crippen LogP) is 4.17. The summed E-state index contributed by atoms with van der Waals surface area (Å²) >= 11 is 0. The molecule has 1 N–H and O–H groups in total. The standard InChI is InChI=1S/C22H24N2O2/c25-22(11-10-17-16-23-21-9-5-4-8-20(17)21)24-14-12-19(13-15-24)26-18-6-2-1-3-7-18/h1-9,16,19,23H,10-15H2. The monoisotopic (exact) mass is 348 g/mol. The molecule has 3 aromatic rings. The Morgan fingerprint density at radius 2 is 1.77 bits per heavy atom. The van der Waals surface area contributed by atoms with Gasteiger partial charge in [0.15, 0.2) is 0 Å². The first kappa shape index (κ1) is 16.7. The van der Waals surface area contributed by atoms with Crippen molar-refractivity contribution in [3.8, 4) is 5.75 Å². The molecule has 0 spiro atoms. The molecule has 1 aliphatic heterocycles. The van der Waals surface area contributed by atoms with Crippen molar-refractivity contribution in [2.24, 2.45) is 0 Å². The zero-order chi connectivity index (χ0) is 17.8. The number of amides is 1. The molecule has 1 saturated heterocycles. The number of aromatic nitrogens is 1. The van der Waals surface area contributed by atoms with E-state index in [1.807, 2.05) is 53.6 Å². The Bertz CT molecular complexity index is 864. The van der Waals surface area contributed by atoms with Gasteiger partial charge in [-0.05, 0) is 30.2 Å². The van der Waals surface area contributed by atoms with Crippen LogP contribution in [0.2, 0.25) is 0 Å². The van der Waals surface area contributed by atoms with E-state index in [1.54, 1.807) is 0 Å². The summed E-state index contributed by atoms with van der Waals surface area (Å²) in [4.78, 5) is 17.8. The van der Waals surface area contributed by atoms with Gasteiger partial charge in [-0.25, -0.2) is 0 Å². The summed E-state index contributed by atoms with van der Waals surface area (Å²) in [6.45, 7) is 1.56. The second-order valence-electron chi connectivity index (χ2n) is 6.87. The third kappa shape index (κ3) is 3.74. The summed E-state index contributed by atoms with van der Waals surface area (Å²) in [6, 6.07) is 18.2. The van der Waals surface area contributed by atoms with Crippen molar-refractivity contribution in [2.45, 2.75) is 31.8 Å². The number of rotatable bonds is 5. The van der Waals surface area contributed by atoms with E-state index in [4.69, 9.17) is 4.74 Å². The fourth-order valence-corrected chi connectivity index (χ4v) is 3.65. The molecule has 1 aromatic heterocycles. The van der Waals surface area contributed by atoms with Crippen molar-refractivity contribution >= 4 is 16.8 Å². The van der Waals surface area contributed by atoms with E-state index in [1.165, 1.54) is 10.9 Å². The zero-order valence-corrected chi connectivity index (χ0v) is 14.9. The largest absolute Gasteiger partial charge is 0.490 e. The number of H-pyrrole nitrogens is 1. The number of aromatic amines is 1. The zero-order valence-electron chi connectivity index (χ0n) is 14.9. The molecular weight excluding hydrogens is 324 g/mol. The summed E-state index contributed by atoms with van der Waals surface area (Å²) in [5.41, 5.74) is 2.35. The molecule has 2 aromatic carbocycles. The van der Waals surface area contributed by atoms with Crippen molar-refractivity contribution in [1.29, 1.82) is 0 Å². The van der Waals surface area contributed by atoms with Gasteiger partial charge in [-0.2, -0.15) is 0 Å². The first-order chi connectivity index (χ1) is 12.8. The van der Waals surface area contributed by atoms with E-state index >= 15 is 0 Å². The number of likely N-dealkylation sites (tertiary alicyclic amines) is 1. The van der Waals surface area contributed by atoms with Crippen molar-refractivity contribution < 1.29 is 9.53 Å². The lowest BCUT2D eigenvalue weighted by atomic mass is 10.0. The Morgan fingerprint density at radius 1 is 1.04 bits per heavy atom. The Morgan fingerprint density at radius 3 is 2.58 bits per heavy atom. The summed E-state index contributed by atoms with van der Waals surface area (Å²) in [6.07, 6.45) is 5.37. The summed E-state index contributed by atoms with van der Waals surface area (Å²) < 4.78 is 6.01. The Labute approximate surface area is 153 Å². The first-order valence-electron chi connectivity index (χ1n) is 9.34. The van der Waals surface area contributed by atoms with Gasteiger partial charge in [0.25, 0.3) is 0 Å². The van der Waals surface area contributed by atoms with Gasteiger partial charge in [0, 0.05) is 49.5 Å². The molecule has 4 nitrogen and oxygen atoms in total. The molecule has 1 aliphatic rings. The van der Waals surface area contributed by atoms with E-state index < -0.39 is 0 Å². The van der Waals surface area contributed by atoms with Crippen molar-refractivity contribution in [3.05, 3.63) is 66.4 Å². The average Bonchev–Trinajstić information content (AvgIpc) is 3.11. The molecule has 0 aliphatic carbocycles. The van der Waals surface area contributed by atoms with Gasteiger partial charge in [-0.3, -0.25) is 4.79 Å². The van der Waals surface area contributed by atoms with Crippen LogP contribution >= 0.6 is 0 Å². The van der Waals surface area contributed by atoms with Gasteiger partial charge in [-0.15, -0.1) is 0 Å². The molecule has 4 rings (SSSR count). The molecule has 0 radical (unpaired) electrons. The minimum absolute atomic E-state index is 0.204. The number of hydrogen-bond acceptors (Lipinski definition) is 2. The highest BCUT2D eigenvalue weighted by Gasteiger charge is 2.23. The number of fused-ring (bicyclic) bond motifs is 1. The van der Waals surface area contributed by atoms with Gasteiger partial charge >= 0.3 is 0 Å². The van der Waals surface area contributed by atoms with Crippen LogP contribution in [0, 0.1) is 0 Å². The number of carbonyl (C=O) groups is 1. The second-order valence-corrected chi connectivity index (χ2v) is 6.87. The number of piperidine rings is 1. The predicted molar refractivity (Wildman–Crippen MR) is 103 cm³/mol. The van der Waals surface area contributed by atoms with Crippen LogP contribution in [-0.2, 0) is 11.2 Å².